The fourth-order valence-corrected chi connectivity index (χ4v) is 1.90. The third kappa shape index (κ3) is 1.60. The van der Waals surface area contributed by atoms with E-state index in [0.29, 0.717) is 12.1 Å². The van der Waals surface area contributed by atoms with E-state index in [1.807, 2.05) is 19.1 Å². The molecule has 0 fully saturated rings. The van der Waals surface area contributed by atoms with Gasteiger partial charge in [-0.25, -0.2) is 4.68 Å². The summed E-state index contributed by atoms with van der Waals surface area (Å²) in [6.45, 7) is 6.25. The van der Waals surface area contributed by atoms with Gasteiger partial charge in [0.2, 0.25) is 0 Å². The van der Waals surface area contributed by atoms with E-state index in [-0.39, 0.29) is 5.91 Å². The van der Waals surface area contributed by atoms with Crippen molar-refractivity contribution in [1.82, 2.24) is 20.1 Å². The molecule has 0 spiro atoms. The number of nitrogens with one attached hydrogen (secondary N) is 1. The fraction of sp³-hybridized carbons (Fsp3) is 0.154. The molecule has 18 heavy (non-hydrogen) atoms. The Bertz CT molecular complexity index is 640. The highest BCUT2D eigenvalue weighted by Crippen LogP contribution is 2.17. The number of fused-ring (bicyclic) bond motifs is 1. The van der Waals surface area contributed by atoms with Gasteiger partial charge in [-0.2, -0.15) is 5.10 Å². The Hall–Kier alpha value is -2.43. The molecule has 0 aromatic carbocycles. The van der Waals surface area contributed by atoms with Gasteiger partial charge < -0.3 is 5.32 Å². The monoisotopic (exact) mass is 240 g/mol. The van der Waals surface area contributed by atoms with Gasteiger partial charge in [0.05, 0.1) is 35.4 Å². The summed E-state index contributed by atoms with van der Waals surface area (Å²) in [5, 5.41) is 7.08. The van der Waals surface area contributed by atoms with Crippen LogP contribution in [0.1, 0.15) is 28.7 Å². The topological polar surface area (TPSA) is 59.8 Å². The van der Waals surface area contributed by atoms with Crippen LogP contribution in [0.5, 0.6) is 0 Å². The average Bonchev–Trinajstić information content (AvgIpc) is 2.92. The minimum atomic E-state index is -0.0669. The van der Waals surface area contributed by atoms with E-state index in [0.717, 1.165) is 22.6 Å². The molecule has 0 saturated heterocycles. The summed E-state index contributed by atoms with van der Waals surface area (Å²) in [5.41, 5.74) is 4.03. The number of rotatable bonds is 2. The van der Waals surface area contributed by atoms with Crippen LogP contribution >= 0.6 is 0 Å². The molecule has 0 saturated carbocycles. The molecule has 0 unspecified atom stereocenters. The summed E-state index contributed by atoms with van der Waals surface area (Å²) < 4.78 is 1.68. The van der Waals surface area contributed by atoms with Crippen LogP contribution in [0.4, 0.5) is 0 Å². The Morgan fingerprint density at radius 1 is 1.50 bits per heavy atom. The predicted octanol–water partition coefficient (Wildman–Crippen LogP) is 1.54. The van der Waals surface area contributed by atoms with Crippen LogP contribution in [-0.4, -0.2) is 20.7 Å². The molecule has 2 aromatic rings. The summed E-state index contributed by atoms with van der Waals surface area (Å²) in [4.78, 5) is 15.8. The Balaban J connectivity index is 1.98. The van der Waals surface area contributed by atoms with Gasteiger partial charge in [0, 0.05) is 6.20 Å². The number of pyridine rings is 1. The van der Waals surface area contributed by atoms with Crippen LogP contribution in [0.2, 0.25) is 0 Å². The van der Waals surface area contributed by atoms with Crippen molar-refractivity contribution in [2.45, 2.75) is 13.5 Å². The van der Waals surface area contributed by atoms with Crippen LogP contribution in [0, 0.1) is 0 Å². The summed E-state index contributed by atoms with van der Waals surface area (Å²) >= 11 is 0. The maximum atomic E-state index is 11.5. The van der Waals surface area contributed by atoms with Crippen molar-refractivity contribution < 1.29 is 4.79 Å². The van der Waals surface area contributed by atoms with Gasteiger partial charge >= 0.3 is 0 Å². The van der Waals surface area contributed by atoms with E-state index < -0.39 is 0 Å². The predicted molar refractivity (Wildman–Crippen MR) is 67.2 cm³/mol. The molecule has 90 valence electrons. The second-order valence-electron chi connectivity index (χ2n) is 4.30. The molecule has 1 amide bonds. The zero-order valence-electron chi connectivity index (χ0n) is 9.97. The molecule has 3 heterocycles. The van der Waals surface area contributed by atoms with Gasteiger partial charge in [0.1, 0.15) is 0 Å². The Morgan fingerprint density at radius 3 is 2.94 bits per heavy atom. The lowest BCUT2D eigenvalue weighted by atomic mass is 10.2. The average molecular weight is 240 g/mol. The van der Waals surface area contributed by atoms with Crippen LogP contribution in [0.3, 0.4) is 0 Å². The van der Waals surface area contributed by atoms with Crippen LogP contribution < -0.4 is 5.32 Å². The molecule has 0 atom stereocenters. The quantitative estimate of drug-likeness (QED) is 0.866. The van der Waals surface area contributed by atoms with Crippen LogP contribution in [0.15, 0.2) is 31.1 Å². The molecule has 1 aliphatic rings. The maximum absolute atomic E-state index is 11.5. The second kappa shape index (κ2) is 3.80. The standard InChI is InChI=1S/C13H12N4O/c1-8(2)11-4-3-9(5-14-11)17-7-10-12(16-17)6-15-13(10)18/h3-5,7H,1,6H2,2H3,(H,15,18). The van der Waals surface area contributed by atoms with Crippen molar-refractivity contribution in [3.8, 4) is 5.69 Å². The lowest BCUT2D eigenvalue weighted by Crippen LogP contribution is -2.14. The van der Waals surface area contributed by atoms with Crippen molar-refractivity contribution >= 4 is 11.5 Å². The second-order valence-corrected chi connectivity index (χ2v) is 4.30. The van der Waals surface area contributed by atoms with Gasteiger partial charge in [0.25, 0.3) is 5.91 Å². The normalized spacial score (nSPS) is 13.3. The number of aromatic nitrogens is 3. The van der Waals surface area contributed by atoms with E-state index in [2.05, 4.69) is 22.0 Å². The van der Waals surface area contributed by atoms with Crippen molar-refractivity contribution in [3.63, 3.8) is 0 Å². The largest absolute Gasteiger partial charge is 0.346 e. The van der Waals surface area contributed by atoms with E-state index in [9.17, 15) is 4.79 Å². The molecule has 0 radical (unpaired) electrons. The maximum Gasteiger partial charge on any atom is 0.255 e. The van der Waals surface area contributed by atoms with Gasteiger partial charge in [-0.05, 0) is 24.6 Å². The molecular formula is C13H12N4O. The first-order chi connectivity index (χ1) is 8.65. The van der Waals surface area contributed by atoms with E-state index in [1.54, 1.807) is 17.1 Å². The molecule has 3 rings (SSSR count). The van der Waals surface area contributed by atoms with Crippen molar-refractivity contribution in [1.29, 1.82) is 0 Å². The molecule has 2 aromatic heterocycles. The number of allylic oxidation sites excluding steroid dienone is 1. The minimum absolute atomic E-state index is 0.0669. The number of carbonyl (C=O) groups excluding carboxylic acids is 1. The summed E-state index contributed by atoms with van der Waals surface area (Å²) in [6.07, 6.45) is 3.46. The molecule has 0 aliphatic carbocycles. The van der Waals surface area contributed by atoms with Crippen molar-refractivity contribution in [3.05, 3.63) is 48.1 Å². The lowest BCUT2D eigenvalue weighted by molar-refractivity contribution is 0.0965. The van der Waals surface area contributed by atoms with Crippen molar-refractivity contribution in [2.24, 2.45) is 0 Å². The first kappa shape index (κ1) is 10.7. The molecule has 5 heteroatoms. The summed E-state index contributed by atoms with van der Waals surface area (Å²) in [5.74, 6) is -0.0669. The first-order valence-corrected chi connectivity index (χ1v) is 5.64. The Kier molecular flexibility index (Phi) is 2.26. The Labute approximate surface area is 104 Å². The van der Waals surface area contributed by atoms with E-state index in [1.165, 1.54) is 0 Å². The minimum Gasteiger partial charge on any atom is -0.346 e. The van der Waals surface area contributed by atoms with Crippen LogP contribution in [-0.2, 0) is 6.54 Å². The fourth-order valence-electron chi connectivity index (χ4n) is 1.90. The number of hydrogen-bond acceptors (Lipinski definition) is 3. The van der Waals surface area contributed by atoms with Gasteiger partial charge in [0.15, 0.2) is 0 Å². The summed E-state index contributed by atoms with van der Waals surface area (Å²) in [6, 6.07) is 3.81. The highest BCUT2D eigenvalue weighted by atomic mass is 16.2. The zero-order chi connectivity index (χ0) is 12.7. The number of nitrogens with zero attached hydrogens (tertiary/aromatic N) is 3. The highest BCUT2D eigenvalue weighted by Gasteiger charge is 2.22. The molecule has 1 aliphatic heterocycles. The molecular weight excluding hydrogens is 228 g/mol. The summed E-state index contributed by atoms with van der Waals surface area (Å²) in [7, 11) is 0. The van der Waals surface area contributed by atoms with E-state index in [4.69, 9.17) is 0 Å². The van der Waals surface area contributed by atoms with Gasteiger partial charge in [-0.15, -0.1) is 0 Å². The van der Waals surface area contributed by atoms with E-state index >= 15 is 0 Å². The Morgan fingerprint density at radius 2 is 2.33 bits per heavy atom. The van der Waals surface area contributed by atoms with Crippen LogP contribution in [0.25, 0.3) is 11.3 Å². The molecule has 5 nitrogen and oxygen atoms in total. The van der Waals surface area contributed by atoms with Gasteiger partial charge in [-0.1, -0.05) is 6.58 Å². The number of hydrogen-bond donors (Lipinski definition) is 1. The molecule has 0 bridgehead atoms. The lowest BCUT2D eigenvalue weighted by Gasteiger charge is -2.03. The first-order valence-electron chi connectivity index (χ1n) is 5.64. The number of amides is 1. The number of carbonyl (C=O) groups is 1. The third-order valence-electron chi connectivity index (χ3n) is 2.90. The third-order valence-corrected chi connectivity index (χ3v) is 2.90. The van der Waals surface area contributed by atoms with Gasteiger partial charge in [-0.3, -0.25) is 9.78 Å². The van der Waals surface area contributed by atoms with Crippen molar-refractivity contribution in [2.75, 3.05) is 0 Å². The highest BCUT2D eigenvalue weighted by molar-refractivity contribution is 5.97. The molecule has 1 N–H and O–H groups in total. The SMILES string of the molecule is C=C(C)c1ccc(-n2cc3c(n2)CNC3=O)cn1. The zero-order valence-corrected chi connectivity index (χ0v) is 9.97. The smallest absolute Gasteiger partial charge is 0.255 e.